The van der Waals surface area contributed by atoms with Crippen LogP contribution in [0.2, 0.25) is 0 Å². The zero-order valence-corrected chi connectivity index (χ0v) is 12.6. The van der Waals surface area contributed by atoms with Crippen molar-refractivity contribution in [3.05, 3.63) is 51.7 Å². The van der Waals surface area contributed by atoms with Gasteiger partial charge < -0.3 is 9.84 Å². The minimum atomic E-state index is -0.0714. The predicted octanol–water partition coefficient (Wildman–Crippen LogP) is 1.40. The SMILES string of the molecule is COc1cc(C=Cc2cc(C)n(C)c(=O)[n+]2C)ccc1O. The van der Waals surface area contributed by atoms with Gasteiger partial charge in [-0.05, 0) is 30.7 Å². The molecule has 2 aromatic rings. The van der Waals surface area contributed by atoms with E-state index in [4.69, 9.17) is 4.74 Å². The van der Waals surface area contributed by atoms with Crippen molar-refractivity contribution in [2.75, 3.05) is 7.11 Å². The topological polar surface area (TPSA) is 55.3 Å². The molecular formula is C16H19N2O3+. The number of benzene rings is 1. The van der Waals surface area contributed by atoms with E-state index in [9.17, 15) is 9.90 Å². The molecule has 21 heavy (non-hydrogen) atoms. The zero-order valence-electron chi connectivity index (χ0n) is 12.6. The molecule has 0 bridgehead atoms. The summed E-state index contributed by atoms with van der Waals surface area (Å²) in [7, 11) is 4.99. The van der Waals surface area contributed by atoms with E-state index in [2.05, 4.69) is 0 Å². The molecule has 1 N–H and O–H groups in total. The molecule has 5 heteroatoms. The molecule has 1 aromatic carbocycles. The van der Waals surface area contributed by atoms with Crippen LogP contribution in [-0.4, -0.2) is 16.8 Å². The number of nitrogens with zero attached hydrogens (tertiary/aromatic N) is 2. The highest BCUT2D eigenvalue weighted by molar-refractivity contribution is 5.68. The first-order chi connectivity index (χ1) is 9.93. The molecule has 0 atom stereocenters. The Morgan fingerprint density at radius 3 is 2.67 bits per heavy atom. The lowest BCUT2D eigenvalue weighted by atomic mass is 10.1. The molecule has 0 saturated carbocycles. The maximum Gasteiger partial charge on any atom is 0.498 e. The lowest BCUT2D eigenvalue weighted by molar-refractivity contribution is -0.692. The van der Waals surface area contributed by atoms with E-state index in [0.717, 1.165) is 17.0 Å². The third-order valence-electron chi connectivity index (χ3n) is 3.50. The second kappa shape index (κ2) is 5.83. The molecule has 110 valence electrons. The molecule has 0 aliphatic carbocycles. The Hall–Kier alpha value is -2.56. The van der Waals surface area contributed by atoms with Crippen LogP contribution in [0.15, 0.2) is 29.1 Å². The van der Waals surface area contributed by atoms with Gasteiger partial charge in [0.2, 0.25) is 0 Å². The third-order valence-corrected chi connectivity index (χ3v) is 3.50. The van der Waals surface area contributed by atoms with Gasteiger partial charge in [-0.25, -0.2) is 0 Å². The quantitative estimate of drug-likeness (QED) is 0.868. The maximum atomic E-state index is 12.0. The molecule has 1 aromatic heterocycles. The number of aromatic nitrogens is 2. The fourth-order valence-corrected chi connectivity index (χ4v) is 2.03. The number of methoxy groups -OCH3 is 1. The van der Waals surface area contributed by atoms with E-state index in [0.29, 0.717) is 5.75 Å². The first-order valence-corrected chi connectivity index (χ1v) is 6.56. The second-order valence-electron chi connectivity index (χ2n) is 4.88. The average Bonchev–Trinajstić information content (AvgIpc) is 2.48. The van der Waals surface area contributed by atoms with Gasteiger partial charge in [0.25, 0.3) is 0 Å². The summed E-state index contributed by atoms with van der Waals surface area (Å²) in [6.45, 7) is 1.89. The second-order valence-corrected chi connectivity index (χ2v) is 4.88. The number of aryl methyl sites for hydroxylation is 1. The number of ether oxygens (including phenoxy) is 1. The van der Waals surface area contributed by atoms with E-state index >= 15 is 0 Å². The Labute approximate surface area is 123 Å². The van der Waals surface area contributed by atoms with Gasteiger partial charge in [-0.3, -0.25) is 0 Å². The van der Waals surface area contributed by atoms with Gasteiger partial charge in [-0.2, -0.15) is 13.9 Å². The van der Waals surface area contributed by atoms with Crippen LogP contribution in [0.25, 0.3) is 12.2 Å². The molecule has 0 fully saturated rings. The summed E-state index contributed by atoms with van der Waals surface area (Å²) in [6.07, 6.45) is 3.73. The van der Waals surface area contributed by atoms with Gasteiger partial charge in [-0.15, -0.1) is 0 Å². The lowest BCUT2D eigenvalue weighted by Gasteiger charge is -2.04. The fraction of sp³-hybridized carbons (Fsp3) is 0.250. The Bertz CT molecular complexity index is 761. The zero-order chi connectivity index (χ0) is 15.6. The normalized spacial score (nSPS) is 11.0. The summed E-state index contributed by atoms with van der Waals surface area (Å²) in [4.78, 5) is 12.0. The molecule has 0 radical (unpaired) electrons. The summed E-state index contributed by atoms with van der Waals surface area (Å²) in [6, 6.07) is 7.03. The first kappa shape index (κ1) is 14.8. The van der Waals surface area contributed by atoms with E-state index in [-0.39, 0.29) is 11.4 Å². The van der Waals surface area contributed by atoms with Crippen molar-refractivity contribution < 1.29 is 14.4 Å². The monoisotopic (exact) mass is 287 g/mol. The predicted molar refractivity (Wildman–Crippen MR) is 81.2 cm³/mol. The average molecular weight is 287 g/mol. The maximum absolute atomic E-state index is 12.0. The highest BCUT2D eigenvalue weighted by Gasteiger charge is 2.11. The number of aromatic hydroxyl groups is 1. The van der Waals surface area contributed by atoms with E-state index in [1.54, 1.807) is 41.4 Å². The first-order valence-electron chi connectivity index (χ1n) is 6.56. The van der Waals surface area contributed by atoms with Crippen LogP contribution < -0.4 is 15.0 Å². The largest absolute Gasteiger partial charge is 0.504 e. The number of phenolic OH excluding ortho intramolecular Hbond substituents is 1. The van der Waals surface area contributed by atoms with Crippen molar-refractivity contribution in [2.45, 2.75) is 6.92 Å². The number of hydrogen-bond donors (Lipinski definition) is 1. The van der Waals surface area contributed by atoms with Gasteiger partial charge in [0.05, 0.1) is 21.2 Å². The highest BCUT2D eigenvalue weighted by atomic mass is 16.5. The van der Waals surface area contributed by atoms with E-state index in [1.165, 1.54) is 7.11 Å². The van der Waals surface area contributed by atoms with Crippen molar-refractivity contribution in [3.63, 3.8) is 0 Å². The Kier molecular flexibility index (Phi) is 4.12. The number of phenols is 1. The molecule has 0 aliphatic heterocycles. The molecule has 0 amide bonds. The van der Waals surface area contributed by atoms with Crippen molar-refractivity contribution in [1.29, 1.82) is 0 Å². The van der Waals surface area contributed by atoms with Crippen LogP contribution in [0.1, 0.15) is 17.0 Å². The number of hydrogen-bond acceptors (Lipinski definition) is 3. The summed E-state index contributed by atoms with van der Waals surface area (Å²) < 4.78 is 8.26. The molecule has 2 rings (SSSR count). The van der Waals surface area contributed by atoms with E-state index < -0.39 is 0 Å². The van der Waals surface area contributed by atoms with Crippen molar-refractivity contribution >= 4 is 12.2 Å². The lowest BCUT2D eigenvalue weighted by Crippen LogP contribution is -2.53. The van der Waals surface area contributed by atoms with Crippen LogP contribution >= 0.6 is 0 Å². The highest BCUT2D eigenvalue weighted by Crippen LogP contribution is 2.26. The molecule has 1 heterocycles. The molecular weight excluding hydrogens is 268 g/mol. The van der Waals surface area contributed by atoms with Gasteiger partial charge in [0.1, 0.15) is 11.4 Å². The van der Waals surface area contributed by atoms with Crippen LogP contribution in [0.4, 0.5) is 0 Å². The molecule has 5 nitrogen and oxygen atoms in total. The minimum Gasteiger partial charge on any atom is -0.504 e. The Morgan fingerprint density at radius 2 is 2.00 bits per heavy atom. The molecule has 0 unspecified atom stereocenters. The summed E-state index contributed by atoms with van der Waals surface area (Å²) in [5.41, 5.74) is 2.50. The minimum absolute atomic E-state index is 0.0714. The van der Waals surface area contributed by atoms with Crippen LogP contribution in [0.5, 0.6) is 11.5 Å². The van der Waals surface area contributed by atoms with Crippen LogP contribution in [0.3, 0.4) is 0 Å². The Morgan fingerprint density at radius 1 is 1.29 bits per heavy atom. The molecule has 0 saturated heterocycles. The van der Waals surface area contributed by atoms with Crippen LogP contribution in [-0.2, 0) is 14.1 Å². The van der Waals surface area contributed by atoms with Gasteiger partial charge in [0, 0.05) is 6.07 Å². The van der Waals surface area contributed by atoms with Gasteiger partial charge in [-0.1, -0.05) is 12.1 Å². The van der Waals surface area contributed by atoms with Crippen molar-refractivity contribution in [2.24, 2.45) is 14.1 Å². The van der Waals surface area contributed by atoms with E-state index in [1.807, 2.05) is 25.1 Å². The smallest absolute Gasteiger partial charge is 0.498 e. The molecule has 0 aliphatic rings. The van der Waals surface area contributed by atoms with Gasteiger partial charge in [0.15, 0.2) is 11.5 Å². The molecule has 0 spiro atoms. The van der Waals surface area contributed by atoms with Gasteiger partial charge >= 0.3 is 5.69 Å². The van der Waals surface area contributed by atoms with Crippen molar-refractivity contribution in [3.8, 4) is 11.5 Å². The summed E-state index contributed by atoms with van der Waals surface area (Å²) in [5, 5.41) is 9.57. The summed E-state index contributed by atoms with van der Waals surface area (Å²) >= 11 is 0. The standard InChI is InChI=1S/C16H18N2O3/c1-11-9-13(18(3)16(20)17(11)2)7-5-12-6-8-14(19)15(10-12)21-4/h5-10H,1-4H3/p+1. The van der Waals surface area contributed by atoms with Crippen LogP contribution in [0, 0.1) is 6.92 Å². The Balaban J connectivity index is 2.40. The number of rotatable bonds is 3. The fourth-order valence-electron chi connectivity index (χ4n) is 2.03. The van der Waals surface area contributed by atoms with Crippen molar-refractivity contribution in [1.82, 2.24) is 4.57 Å². The third kappa shape index (κ3) is 2.97. The summed E-state index contributed by atoms with van der Waals surface area (Å²) in [5.74, 6) is 0.520.